The smallest absolute Gasteiger partial charge is 0.339 e. The molecule has 0 saturated heterocycles. The molecule has 0 fully saturated rings. The van der Waals surface area contributed by atoms with Crippen LogP contribution >= 0.6 is 0 Å². The standard InChI is InChI=1S/C9H11N3O4S/c1-16-8(13)6-4-2-3-5-7(6)17(14,15)12-9(10)11/h2-5H,1H3,(H4,10,11,12). The quantitative estimate of drug-likeness (QED) is 0.424. The van der Waals surface area contributed by atoms with E-state index in [1.165, 1.54) is 24.3 Å². The van der Waals surface area contributed by atoms with Crippen LogP contribution in [-0.2, 0) is 14.8 Å². The fourth-order valence-corrected chi connectivity index (χ4v) is 2.21. The number of benzene rings is 1. The van der Waals surface area contributed by atoms with Crippen LogP contribution in [0.25, 0.3) is 0 Å². The number of carbonyl (C=O) groups is 1. The molecule has 92 valence electrons. The second-order valence-electron chi connectivity index (χ2n) is 2.98. The van der Waals surface area contributed by atoms with Gasteiger partial charge < -0.3 is 16.2 Å². The Morgan fingerprint density at radius 1 is 1.29 bits per heavy atom. The number of hydrogen-bond donors (Lipinski definition) is 2. The molecule has 4 N–H and O–H groups in total. The lowest BCUT2D eigenvalue weighted by molar-refractivity contribution is 0.0596. The summed E-state index contributed by atoms with van der Waals surface area (Å²) in [7, 11) is -2.96. The number of hydrogen-bond acceptors (Lipinski definition) is 4. The monoisotopic (exact) mass is 257 g/mol. The molecule has 0 saturated carbocycles. The highest BCUT2D eigenvalue weighted by molar-refractivity contribution is 7.90. The summed E-state index contributed by atoms with van der Waals surface area (Å²) in [5, 5.41) is 0. The zero-order chi connectivity index (χ0) is 13.1. The maximum atomic E-state index is 11.7. The topological polar surface area (TPSA) is 125 Å². The Morgan fingerprint density at radius 2 is 1.88 bits per heavy atom. The first-order valence-corrected chi connectivity index (χ1v) is 5.85. The zero-order valence-electron chi connectivity index (χ0n) is 8.95. The molecule has 0 aliphatic carbocycles. The molecule has 0 amide bonds. The first-order valence-electron chi connectivity index (χ1n) is 4.41. The highest BCUT2D eigenvalue weighted by Gasteiger charge is 2.22. The predicted molar refractivity (Wildman–Crippen MR) is 60.8 cm³/mol. The van der Waals surface area contributed by atoms with Gasteiger partial charge in [0.1, 0.15) is 4.90 Å². The van der Waals surface area contributed by atoms with E-state index in [1.54, 1.807) is 0 Å². The van der Waals surface area contributed by atoms with Crippen LogP contribution in [0.1, 0.15) is 10.4 Å². The van der Waals surface area contributed by atoms with Gasteiger partial charge in [0.15, 0.2) is 0 Å². The molecule has 0 aliphatic rings. The van der Waals surface area contributed by atoms with Crippen LogP contribution in [0.4, 0.5) is 0 Å². The maximum Gasteiger partial charge on any atom is 0.339 e. The van der Waals surface area contributed by atoms with Gasteiger partial charge in [-0.3, -0.25) is 0 Å². The van der Waals surface area contributed by atoms with E-state index in [-0.39, 0.29) is 10.5 Å². The highest BCUT2D eigenvalue weighted by Crippen LogP contribution is 2.18. The van der Waals surface area contributed by atoms with Crippen LogP contribution < -0.4 is 11.5 Å². The Bertz CT molecular complexity index is 561. The molecule has 0 radical (unpaired) electrons. The molecule has 1 aromatic carbocycles. The molecule has 17 heavy (non-hydrogen) atoms. The van der Waals surface area contributed by atoms with Gasteiger partial charge in [0.05, 0.1) is 12.7 Å². The van der Waals surface area contributed by atoms with Crippen molar-refractivity contribution in [3.63, 3.8) is 0 Å². The average Bonchev–Trinajstić information content (AvgIpc) is 2.26. The predicted octanol–water partition coefficient (Wildman–Crippen LogP) is -0.565. The number of nitrogens with two attached hydrogens (primary N) is 2. The van der Waals surface area contributed by atoms with Gasteiger partial charge in [0, 0.05) is 0 Å². The summed E-state index contributed by atoms with van der Waals surface area (Å²) < 4.78 is 31.0. The summed E-state index contributed by atoms with van der Waals surface area (Å²) in [6.45, 7) is 0. The maximum absolute atomic E-state index is 11.7. The van der Waals surface area contributed by atoms with E-state index in [9.17, 15) is 13.2 Å². The van der Waals surface area contributed by atoms with Crippen LogP contribution in [0.5, 0.6) is 0 Å². The zero-order valence-corrected chi connectivity index (χ0v) is 9.77. The number of guanidine groups is 1. The SMILES string of the molecule is COC(=O)c1ccccc1S(=O)(=O)N=C(N)N. The lowest BCUT2D eigenvalue weighted by Gasteiger charge is -2.05. The second kappa shape index (κ2) is 4.83. The fraction of sp³-hybridized carbons (Fsp3) is 0.111. The molecule has 0 heterocycles. The minimum absolute atomic E-state index is 0.125. The van der Waals surface area contributed by atoms with Crippen molar-refractivity contribution < 1.29 is 17.9 Å². The van der Waals surface area contributed by atoms with Crippen molar-refractivity contribution >= 4 is 22.0 Å². The van der Waals surface area contributed by atoms with Gasteiger partial charge in [0.2, 0.25) is 5.96 Å². The van der Waals surface area contributed by atoms with Crippen LogP contribution in [-0.4, -0.2) is 27.5 Å². The number of methoxy groups -OCH3 is 1. The number of sulfonamides is 1. The molecule has 0 atom stereocenters. The molecule has 0 unspecified atom stereocenters. The molecule has 0 aromatic heterocycles. The molecule has 8 heteroatoms. The van der Waals surface area contributed by atoms with E-state index in [4.69, 9.17) is 11.5 Å². The van der Waals surface area contributed by atoms with E-state index in [0.29, 0.717) is 0 Å². The number of carbonyl (C=O) groups excluding carboxylic acids is 1. The lowest BCUT2D eigenvalue weighted by Crippen LogP contribution is -2.24. The van der Waals surface area contributed by atoms with Crippen molar-refractivity contribution in [1.82, 2.24) is 0 Å². The highest BCUT2D eigenvalue weighted by atomic mass is 32.2. The van der Waals surface area contributed by atoms with Crippen molar-refractivity contribution in [2.24, 2.45) is 15.9 Å². The van der Waals surface area contributed by atoms with E-state index < -0.39 is 22.0 Å². The van der Waals surface area contributed by atoms with Gasteiger partial charge in [-0.1, -0.05) is 12.1 Å². The average molecular weight is 257 g/mol. The Kier molecular flexibility index (Phi) is 3.69. The third-order valence-corrected chi connectivity index (χ3v) is 3.16. The fourth-order valence-electron chi connectivity index (χ4n) is 1.16. The Balaban J connectivity index is 3.43. The normalized spacial score (nSPS) is 10.6. The van der Waals surface area contributed by atoms with Crippen molar-refractivity contribution in [3.05, 3.63) is 29.8 Å². The van der Waals surface area contributed by atoms with E-state index in [0.717, 1.165) is 7.11 Å². The lowest BCUT2D eigenvalue weighted by atomic mass is 10.2. The van der Waals surface area contributed by atoms with Gasteiger partial charge in [0.25, 0.3) is 10.0 Å². The molecule has 1 rings (SSSR count). The van der Waals surface area contributed by atoms with Gasteiger partial charge in [-0.15, -0.1) is 4.40 Å². The van der Waals surface area contributed by atoms with Gasteiger partial charge >= 0.3 is 5.97 Å². The minimum atomic E-state index is -4.11. The third kappa shape index (κ3) is 2.94. The first-order chi connectivity index (χ1) is 7.88. The minimum Gasteiger partial charge on any atom is -0.465 e. The van der Waals surface area contributed by atoms with Crippen LogP contribution in [0.2, 0.25) is 0 Å². The first kappa shape index (κ1) is 13.0. The van der Waals surface area contributed by atoms with Gasteiger partial charge in [-0.05, 0) is 12.1 Å². The number of esters is 1. The largest absolute Gasteiger partial charge is 0.465 e. The van der Waals surface area contributed by atoms with E-state index in [2.05, 4.69) is 9.13 Å². The Hall–Kier alpha value is -2.09. The molecule has 0 aliphatic heterocycles. The third-order valence-electron chi connectivity index (χ3n) is 1.80. The summed E-state index contributed by atoms with van der Waals surface area (Å²) in [5.74, 6) is -1.39. The molecule has 0 bridgehead atoms. The summed E-state index contributed by atoms with van der Waals surface area (Å²) in [6.07, 6.45) is 0. The number of nitrogens with zero attached hydrogens (tertiary/aromatic N) is 1. The molecule has 0 spiro atoms. The van der Waals surface area contributed by atoms with Crippen LogP contribution in [0, 0.1) is 0 Å². The number of ether oxygens (including phenoxy) is 1. The Morgan fingerprint density at radius 3 is 2.41 bits per heavy atom. The van der Waals surface area contributed by atoms with Crippen molar-refractivity contribution in [2.75, 3.05) is 7.11 Å². The van der Waals surface area contributed by atoms with Crippen LogP contribution in [0.15, 0.2) is 33.6 Å². The summed E-state index contributed by atoms with van der Waals surface area (Å²) in [5.41, 5.74) is 9.89. The van der Waals surface area contributed by atoms with Crippen molar-refractivity contribution in [3.8, 4) is 0 Å². The van der Waals surface area contributed by atoms with E-state index >= 15 is 0 Å². The molecular weight excluding hydrogens is 246 g/mol. The summed E-state index contributed by atoms with van der Waals surface area (Å²) in [6, 6.07) is 5.47. The van der Waals surface area contributed by atoms with Gasteiger partial charge in [-0.25, -0.2) is 4.79 Å². The summed E-state index contributed by atoms with van der Waals surface area (Å²) >= 11 is 0. The van der Waals surface area contributed by atoms with E-state index in [1.807, 2.05) is 0 Å². The molecular formula is C9H11N3O4S. The van der Waals surface area contributed by atoms with Crippen LogP contribution in [0.3, 0.4) is 0 Å². The molecule has 1 aromatic rings. The Labute approximate surface area is 98.1 Å². The number of rotatable bonds is 3. The van der Waals surface area contributed by atoms with Crippen molar-refractivity contribution in [2.45, 2.75) is 4.90 Å². The van der Waals surface area contributed by atoms with Gasteiger partial charge in [-0.2, -0.15) is 8.42 Å². The molecule has 7 nitrogen and oxygen atoms in total. The second-order valence-corrected chi connectivity index (χ2v) is 4.55. The van der Waals surface area contributed by atoms with Crippen molar-refractivity contribution in [1.29, 1.82) is 0 Å². The summed E-state index contributed by atoms with van der Waals surface area (Å²) in [4.78, 5) is 11.1.